The predicted molar refractivity (Wildman–Crippen MR) is 108 cm³/mol. The van der Waals surface area contributed by atoms with E-state index < -0.39 is 0 Å². The summed E-state index contributed by atoms with van der Waals surface area (Å²) in [6.45, 7) is 1.64. The lowest BCUT2D eigenvalue weighted by Gasteiger charge is -2.35. The van der Waals surface area contributed by atoms with Crippen molar-refractivity contribution in [3.05, 3.63) is 53.1 Å². The quantitative estimate of drug-likeness (QED) is 0.729. The first kappa shape index (κ1) is 20.5. The van der Waals surface area contributed by atoms with E-state index in [0.29, 0.717) is 6.42 Å². The molecule has 6 heteroatoms. The van der Waals surface area contributed by atoms with E-state index in [9.17, 15) is 9.18 Å². The number of nitrogens with zero attached hydrogens (tertiary/aromatic N) is 4. The summed E-state index contributed by atoms with van der Waals surface area (Å²) in [4.78, 5) is 17.1. The molecule has 1 atom stereocenters. The van der Waals surface area contributed by atoms with Gasteiger partial charge >= 0.3 is 0 Å². The van der Waals surface area contributed by atoms with Gasteiger partial charge in [0, 0.05) is 26.6 Å². The van der Waals surface area contributed by atoms with Gasteiger partial charge in [0.05, 0.1) is 17.4 Å². The van der Waals surface area contributed by atoms with Crippen LogP contribution in [0.15, 0.2) is 30.3 Å². The average Bonchev–Trinajstić information content (AvgIpc) is 3.03. The van der Waals surface area contributed by atoms with Crippen molar-refractivity contribution in [1.29, 1.82) is 0 Å². The molecule has 0 unspecified atom stereocenters. The molecule has 0 aliphatic carbocycles. The van der Waals surface area contributed by atoms with Gasteiger partial charge in [0.25, 0.3) is 0 Å². The Morgan fingerprint density at radius 3 is 2.71 bits per heavy atom. The van der Waals surface area contributed by atoms with Crippen molar-refractivity contribution in [2.24, 2.45) is 7.05 Å². The number of aryl methyl sites for hydroxylation is 2. The summed E-state index contributed by atoms with van der Waals surface area (Å²) < 4.78 is 14.9. The van der Waals surface area contributed by atoms with E-state index in [0.717, 1.165) is 62.1 Å². The van der Waals surface area contributed by atoms with Crippen LogP contribution in [-0.4, -0.2) is 46.1 Å². The van der Waals surface area contributed by atoms with Crippen LogP contribution in [0.2, 0.25) is 0 Å². The van der Waals surface area contributed by atoms with Crippen LogP contribution in [0.1, 0.15) is 55.1 Å². The van der Waals surface area contributed by atoms with Gasteiger partial charge in [-0.15, -0.1) is 0 Å². The Labute approximate surface area is 167 Å². The van der Waals surface area contributed by atoms with E-state index in [1.165, 1.54) is 12.1 Å². The van der Waals surface area contributed by atoms with Crippen LogP contribution in [0, 0.1) is 5.82 Å². The fourth-order valence-corrected chi connectivity index (χ4v) is 3.94. The second kappa shape index (κ2) is 9.32. The Kier molecular flexibility index (Phi) is 6.83. The maximum absolute atomic E-state index is 13.0. The minimum absolute atomic E-state index is 0.0779. The molecule has 1 fully saturated rings. The maximum atomic E-state index is 13.0. The highest BCUT2D eigenvalue weighted by Crippen LogP contribution is 2.31. The molecule has 5 nitrogen and oxygen atoms in total. The molecule has 1 aliphatic rings. The zero-order valence-corrected chi connectivity index (χ0v) is 17.2. The fraction of sp³-hybridized carbons (Fsp3) is 0.545. The second-order valence-corrected chi connectivity index (χ2v) is 8.00. The SMILES string of the molecule is CN(C)Cc1cc([C@H]2CCCCN2C(=O)CCCc2ccc(F)cc2)nn1C. The summed E-state index contributed by atoms with van der Waals surface area (Å²) in [5.41, 5.74) is 3.24. The summed E-state index contributed by atoms with van der Waals surface area (Å²) >= 11 is 0. The van der Waals surface area contributed by atoms with Crippen molar-refractivity contribution in [3.63, 3.8) is 0 Å². The molecule has 0 saturated carbocycles. The number of carbonyl (C=O) groups excluding carboxylic acids is 1. The highest BCUT2D eigenvalue weighted by Gasteiger charge is 2.29. The summed E-state index contributed by atoms with van der Waals surface area (Å²) in [6.07, 6.45) is 5.25. The molecule has 0 bridgehead atoms. The number of hydrogen-bond acceptors (Lipinski definition) is 3. The number of piperidine rings is 1. The summed E-state index contributed by atoms with van der Waals surface area (Å²) in [5.74, 6) is -0.0217. The lowest BCUT2D eigenvalue weighted by molar-refractivity contribution is -0.135. The first-order valence-corrected chi connectivity index (χ1v) is 10.2. The van der Waals surface area contributed by atoms with Crippen molar-refractivity contribution < 1.29 is 9.18 Å². The molecule has 0 N–H and O–H groups in total. The zero-order valence-electron chi connectivity index (χ0n) is 17.2. The zero-order chi connectivity index (χ0) is 20.1. The van der Waals surface area contributed by atoms with E-state index in [2.05, 4.69) is 11.0 Å². The first-order valence-electron chi connectivity index (χ1n) is 10.2. The van der Waals surface area contributed by atoms with Gasteiger partial charge in [-0.25, -0.2) is 4.39 Å². The Morgan fingerprint density at radius 1 is 1.25 bits per heavy atom. The predicted octanol–water partition coefficient (Wildman–Crippen LogP) is 3.70. The van der Waals surface area contributed by atoms with Gasteiger partial charge in [-0.2, -0.15) is 5.10 Å². The number of hydrogen-bond donors (Lipinski definition) is 0. The third-order valence-corrected chi connectivity index (χ3v) is 5.41. The molecule has 0 spiro atoms. The minimum atomic E-state index is -0.222. The molecule has 3 rings (SSSR count). The van der Waals surface area contributed by atoms with E-state index >= 15 is 0 Å². The Morgan fingerprint density at radius 2 is 2.00 bits per heavy atom. The Bertz CT molecular complexity index is 784. The number of carbonyl (C=O) groups is 1. The molecule has 1 aromatic carbocycles. The highest BCUT2D eigenvalue weighted by atomic mass is 19.1. The number of benzene rings is 1. The van der Waals surface area contributed by atoms with Crippen LogP contribution >= 0.6 is 0 Å². The second-order valence-electron chi connectivity index (χ2n) is 8.00. The van der Waals surface area contributed by atoms with Crippen LogP contribution in [-0.2, 0) is 24.8 Å². The van der Waals surface area contributed by atoms with Gasteiger partial charge in [0.1, 0.15) is 5.82 Å². The molecule has 2 aromatic rings. The topological polar surface area (TPSA) is 41.4 Å². The molecule has 1 saturated heterocycles. The van der Waals surface area contributed by atoms with E-state index in [1.807, 2.05) is 30.7 Å². The maximum Gasteiger partial charge on any atom is 0.223 e. The van der Waals surface area contributed by atoms with E-state index in [4.69, 9.17) is 5.10 Å². The fourth-order valence-electron chi connectivity index (χ4n) is 3.94. The van der Waals surface area contributed by atoms with E-state index in [-0.39, 0.29) is 17.8 Å². The monoisotopic (exact) mass is 386 g/mol. The number of aromatic nitrogens is 2. The minimum Gasteiger partial charge on any atom is -0.334 e. The van der Waals surface area contributed by atoms with Crippen LogP contribution < -0.4 is 0 Å². The number of halogens is 1. The van der Waals surface area contributed by atoms with Crippen LogP contribution in [0.25, 0.3) is 0 Å². The summed E-state index contributed by atoms with van der Waals surface area (Å²) in [7, 11) is 6.06. The highest BCUT2D eigenvalue weighted by molar-refractivity contribution is 5.76. The molecule has 1 amide bonds. The largest absolute Gasteiger partial charge is 0.334 e. The van der Waals surface area contributed by atoms with Crippen molar-refractivity contribution in [3.8, 4) is 0 Å². The molecular formula is C22H31FN4O. The molecular weight excluding hydrogens is 355 g/mol. The van der Waals surface area contributed by atoms with Gasteiger partial charge in [-0.1, -0.05) is 12.1 Å². The molecule has 0 radical (unpaired) electrons. The number of rotatable bonds is 7. The van der Waals surface area contributed by atoms with Crippen molar-refractivity contribution in [2.75, 3.05) is 20.6 Å². The molecule has 1 aliphatic heterocycles. The number of likely N-dealkylation sites (tertiary alicyclic amines) is 1. The Hall–Kier alpha value is -2.21. The third-order valence-electron chi connectivity index (χ3n) is 5.41. The summed E-state index contributed by atoms with van der Waals surface area (Å²) in [6, 6.07) is 8.77. The first-order chi connectivity index (χ1) is 13.4. The van der Waals surface area contributed by atoms with Gasteiger partial charge in [0.2, 0.25) is 5.91 Å². The Balaban J connectivity index is 1.62. The smallest absolute Gasteiger partial charge is 0.223 e. The molecule has 1 aromatic heterocycles. The lowest BCUT2D eigenvalue weighted by atomic mass is 9.98. The third kappa shape index (κ3) is 5.19. The molecule has 28 heavy (non-hydrogen) atoms. The van der Waals surface area contributed by atoms with Crippen molar-refractivity contribution in [2.45, 2.75) is 51.1 Å². The van der Waals surface area contributed by atoms with E-state index in [1.54, 1.807) is 12.1 Å². The van der Waals surface area contributed by atoms with Crippen LogP contribution in [0.5, 0.6) is 0 Å². The van der Waals surface area contributed by atoms with Gasteiger partial charge < -0.3 is 9.80 Å². The van der Waals surface area contributed by atoms with Gasteiger partial charge in [-0.05, 0) is 70.0 Å². The van der Waals surface area contributed by atoms with Crippen molar-refractivity contribution >= 4 is 5.91 Å². The van der Waals surface area contributed by atoms with Crippen LogP contribution in [0.4, 0.5) is 4.39 Å². The van der Waals surface area contributed by atoms with Gasteiger partial charge in [-0.3, -0.25) is 9.48 Å². The summed E-state index contributed by atoms with van der Waals surface area (Å²) in [5, 5.41) is 4.72. The molecule has 2 heterocycles. The van der Waals surface area contributed by atoms with Crippen molar-refractivity contribution in [1.82, 2.24) is 19.6 Å². The standard InChI is InChI=1S/C22H31FN4O/c1-25(2)16-19-15-20(24-26(19)3)21-8-4-5-14-27(21)22(28)9-6-7-17-10-12-18(23)13-11-17/h10-13,15,21H,4-9,14,16H2,1-3H3/t21-/m1/s1. The van der Waals surface area contributed by atoms with Crippen LogP contribution in [0.3, 0.4) is 0 Å². The molecule has 152 valence electrons. The normalized spacial score (nSPS) is 17.3. The van der Waals surface area contributed by atoms with Gasteiger partial charge in [0.15, 0.2) is 0 Å². The average molecular weight is 387 g/mol. The lowest BCUT2D eigenvalue weighted by Crippen LogP contribution is -2.38. The number of amides is 1.